The SMILES string of the molecule is C[C@]12CC[C@@H]3c4c(cc(O)cc4NNc4cc(O)cc5c4[C@H]4CC[C@]6(C)[C@@H](O)CC[C@H]6[C@@H]4CC5)CC[C@H]3[C@@H]1CC[C@@H]2O. The van der Waals surface area contributed by atoms with Crippen LogP contribution in [0.15, 0.2) is 24.3 Å². The lowest BCUT2D eigenvalue weighted by atomic mass is 9.55. The zero-order valence-electron chi connectivity index (χ0n) is 25.2. The van der Waals surface area contributed by atoms with E-state index in [2.05, 4.69) is 24.7 Å². The molecule has 0 amide bonds. The van der Waals surface area contributed by atoms with Crippen molar-refractivity contribution in [2.75, 3.05) is 10.9 Å². The minimum Gasteiger partial charge on any atom is -0.508 e. The number of phenolic OH excluding ortho intramolecular Hbond substituents is 2. The molecule has 0 saturated heterocycles. The molecule has 6 nitrogen and oxygen atoms in total. The summed E-state index contributed by atoms with van der Waals surface area (Å²) >= 11 is 0. The molecule has 0 radical (unpaired) electrons. The molecule has 0 aromatic heterocycles. The van der Waals surface area contributed by atoms with Crippen LogP contribution in [0.2, 0.25) is 0 Å². The van der Waals surface area contributed by atoms with Crippen LogP contribution in [-0.4, -0.2) is 32.6 Å². The van der Waals surface area contributed by atoms with E-state index < -0.39 is 0 Å². The van der Waals surface area contributed by atoms with Crippen LogP contribution in [0.25, 0.3) is 0 Å². The van der Waals surface area contributed by atoms with Crippen molar-refractivity contribution in [2.45, 2.75) is 115 Å². The maximum atomic E-state index is 10.9. The number of hydrogen-bond donors (Lipinski definition) is 6. The summed E-state index contributed by atoms with van der Waals surface area (Å²) in [5.74, 6) is 3.65. The molecule has 2 aromatic carbocycles. The number of hydrazine groups is 1. The van der Waals surface area contributed by atoms with Gasteiger partial charge < -0.3 is 31.3 Å². The first-order valence-electron chi connectivity index (χ1n) is 16.8. The molecule has 8 rings (SSSR count). The van der Waals surface area contributed by atoms with E-state index in [4.69, 9.17) is 0 Å². The Morgan fingerprint density at radius 3 is 1.45 bits per heavy atom. The molecule has 0 bridgehead atoms. The first-order chi connectivity index (χ1) is 20.2. The summed E-state index contributed by atoms with van der Waals surface area (Å²) < 4.78 is 0. The van der Waals surface area contributed by atoms with E-state index in [1.165, 1.54) is 22.3 Å². The molecule has 0 spiro atoms. The first kappa shape index (κ1) is 27.1. The van der Waals surface area contributed by atoms with Crippen LogP contribution in [0.5, 0.6) is 11.5 Å². The summed E-state index contributed by atoms with van der Waals surface area (Å²) in [6, 6.07) is 7.67. The Kier molecular flexibility index (Phi) is 6.16. The molecule has 6 N–H and O–H groups in total. The molecule has 6 aliphatic carbocycles. The van der Waals surface area contributed by atoms with Gasteiger partial charge in [0.05, 0.1) is 23.6 Å². The number of benzene rings is 2. The van der Waals surface area contributed by atoms with Gasteiger partial charge in [0.25, 0.3) is 0 Å². The molecule has 226 valence electrons. The number of rotatable bonds is 3. The maximum absolute atomic E-state index is 10.9. The van der Waals surface area contributed by atoms with Crippen molar-refractivity contribution in [3.05, 3.63) is 46.5 Å². The minimum absolute atomic E-state index is 0.0318. The summed E-state index contributed by atoms with van der Waals surface area (Å²) in [7, 11) is 0. The van der Waals surface area contributed by atoms with Crippen molar-refractivity contribution < 1.29 is 20.4 Å². The lowest BCUT2D eigenvalue weighted by Crippen LogP contribution is -2.44. The molecular weight excluding hydrogens is 524 g/mol. The van der Waals surface area contributed by atoms with Gasteiger partial charge in [-0.2, -0.15) is 0 Å². The topological polar surface area (TPSA) is 105 Å². The van der Waals surface area contributed by atoms with Gasteiger partial charge in [-0.3, -0.25) is 0 Å². The van der Waals surface area contributed by atoms with Gasteiger partial charge in [-0.1, -0.05) is 13.8 Å². The molecule has 0 heterocycles. The Morgan fingerprint density at radius 1 is 0.595 bits per heavy atom. The summed E-state index contributed by atoms with van der Waals surface area (Å²) in [6.07, 6.45) is 12.1. The monoisotopic (exact) mass is 572 g/mol. The molecule has 4 fully saturated rings. The van der Waals surface area contributed by atoms with Crippen LogP contribution in [0, 0.1) is 34.5 Å². The fourth-order valence-electron chi connectivity index (χ4n) is 11.7. The van der Waals surface area contributed by atoms with Crippen LogP contribution in [-0.2, 0) is 12.8 Å². The third-order valence-corrected chi connectivity index (χ3v) is 13.8. The highest BCUT2D eigenvalue weighted by molar-refractivity contribution is 5.67. The number of aliphatic hydroxyl groups is 2. The van der Waals surface area contributed by atoms with Crippen LogP contribution in [0.3, 0.4) is 0 Å². The van der Waals surface area contributed by atoms with Gasteiger partial charge in [0.1, 0.15) is 11.5 Å². The Morgan fingerprint density at radius 2 is 1.02 bits per heavy atom. The number of hydrogen-bond acceptors (Lipinski definition) is 6. The quantitative estimate of drug-likeness (QED) is 0.222. The Balaban J connectivity index is 1.11. The Hall–Kier alpha value is -2.44. The summed E-state index contributed by atoms with van der Waals surface area (Å²) in [5.41, 5.74) is 14.2. The highest BCUT2D eigenvalue weighted by atomic mass is 16.3. The molecule has 6 aliphatic rings. The normalized spacial score (nSPS) is 41.5. The predicted molar refractivity (Wildman–Crippen MR) is 165 cm³/mol. The van der Waals surface area contributed by atoms with Crippen molar-refractivity contribution in [2.24, 2.45) is 34.5 Å². The molecule has 0 unspecified atom stereocenters. The standard InChI is InChI=1S/C36H48N2O4/c1-35-13-11-25-23(27(35)7-9-31(35)41)5-3-19-15-21(39)17-29(33(19)25)37-38-30-18-22(40)16-20-4-6-24-26(34(20)30)12-14-36(2)28(24)8-10-32(36)42/h15-18,23-28,31-32,37-42H,3-14H2,1-2H3/t23-,24-,25+,26+,27+,28+,31+,32+,35+,36+/m1/s1. The number of aryl methyl sites for hydroxylation is 2. The van der Waals surface area contributed by atoms with E-state index in [1.807, 2.05) is 24.3 Å². The minimum atomic E-state index is -0.185. The van der Waals surface area contributed by atoms with Crippen LogP contribution in [0.1, 0.15) is 112 Å². The third-order valence-electron chi connectivity index (χ3n) is 13.8. The summed E-state index contributed by atoms with van der Waals surface area (Å²) in [6.45, 7) is 4.63. The van der Waals surface area contributed by atoms with Crippen molar-refractivity contribution in [3.63, 3.8) is 0 Å². The second-order valence-corrected chi connectivity index (χ2v) is 15.5. The Bertz CT molecular complexity index is 1300. The molecule has 42 heavy (non-hydrogen) atoms. The fourth-order valence-corrected chi connectivity index (χ4v) is 11.7. The first-order valence-corrected chi connectivity index (χ1v) is 16.8. The van der Waals surface area contributed by atoms with Gasteiger partial charge in [-0.25, -0.2) is 0 Å². The average Bonchev–Trinajstić information content (AvgIpc) is 3.45. The molecule has 10 atom stereocenters. The van der Waals surface area contributed by atoms with Gasteiger partial charge in [0, 0.05) is 12.1 Å². The lowest BCUT2D eigenvalue weighted by Gasteiger charge is -2.50. The second-order valence-electron chi connectivity index (χ2n) is 15.5. The molecule has 2 aromatic rings. The molecule has 0 aliphatic heterocycles. The molecule has 6 heteroatoms. The largest absolute Gasteiger partial charge is 0.508 e. The van der Waals surface area contributed by atoms with Gasteiger partial charge in [0.15, 0.2) is 0 Å². The maximum Gasteiger partial charge on any atom is 0.118 e. The number of anilines is 2. The molecule has 4 saturated carbocycles. The fraction of sp³-hybridized carbons (Fsp3) is 0.667. The van der Waals surface area contributed by atoms with E-state index in [0.29, 0.717) is 35.5 Å². The average molecular weight is 573 g/mol. The van der Waals surface area contributed by atoms with Crippen LogP contribution >= 0.6 is 0 Å². The van der Waals surface area contributed by atoms with Crippen molar-refractivity contribution >= 4 is 11.4 Å². The number of fused-ring (bicyclic) bond motifs is 10. The van der Waals surface area contributed by atoms with Crippen molar-refractivity contribution in [1.29, 1.82) is 0 Å². The van der Waals surface area contributed by atoms with Gasteiger partial charge in [-0.15, -0.1) is 0 Å². The third kappa shape index (κ3) is 3.83. The van der Waals surface area contributed by atoms with E-state index in [0.717, 1.165) is 88.4 Å². The van der Waals surface area contributed by atoms with E-state index in [-0.39, 0.29) is 34.5 Å². The van der Waals surface area contributed by atoms with Crippen LogP contribution in [0.4, 0.5) is 11.4 Å². The summed E-state index contributed by atoms with van der Waals surface area (Å²) in [4.78, 5) is 0. The van der Waals surface area contributed by atoms with Crippen molar-refractivity contribution in [3.8, 4) is 11.5 Å². The number of aliphatic hydroxyl groups excluding tert-OH is 2. The highest BCUT2D eigenvalue weighted by Gasteiger charge is 2.56. The van der Waals surface area contributed by atoms with Gasteiger partial charge >= 0.3 is 0 Å². The number of aromatic hydroxyl groups is 2. The second kappa shape index (κ2) is 9.53. The highest BCUT2D eigenvalue weighted by Crippen LogP contribution is 2.63. The smallest absolute Gasteiger partial charge is 0.118 e. The lowest BCUT2D eigenvalue weighted by molar-refractivity contribution is -0.0225. The Labute approximate surface area is 249 Å². The predicted octanol–water partition coefficient (Wildman–Crippen LogP) is 6.97. The van der Waals surface area contributed by atoms with Gasteiger partial charge in [0.2, 0.25) is 0 Å². The molecular formula is C36H48N2O4. The number of phenols is 2. The van der Waals surface area contributed by atoms with Crippen LogP contribution < -0.4 is 10.9 Å². The zero-order valence-corrected chi connectivity index (χ0v) is 25.2. The van der Waals surface area contributed by atoms with Crippen molar-refractivity contribution in [1.82, 2.24) is 0 Å². The van der Waals surface area contributed by atoms with E-state index in [1.54, 1.807) is 0 Å². The number of nitrogens with one attached hydrogen (secondary N) is 2. The van der Waals surface area contributed by atoms with E-state index >= 15 is 0 Å². The van der Waals surface area contributed by atoms with Gasteiger partial charge in [-0.05, 0) is 158 Å². The summed E-state index contributed by atoms with van der Waals surface area (Å²) in [5, 5.41) is 43.2. The zero-order chi connectivity index (χ0) is 29.0. The van der Waals surface area contributed by atoms with E-state index in [9.17, 15) is 20.4 Å².